The summed E-state index contributed by atoms with van der Waals surface area (Å²) in [4.78, 5) is 22.2. The quantitative estimate of drug-likeness (QED) is 0.871. The smallest absolute Gasteiger partial charge is 0.335 e. The van der Waals surface area contributed by atoms with E-state index in [1.165, 1.54) is 31.2 Å². The lowest BCUT2D eigenvalue weighted by molar-refractivity contribution is -0.123. The fraction of sp³-hybridized carbons (Fsp3) is 0.333. The third-order valence-corrected chi connectivity index (χ3v) is 3.15. The SMILES string of the molecule is CC1(C(=O)Nc2ccc(C(=O)O)cc2)CC1(F)F. The van der Waals surface area contributed by atoms with Gasteiger partial charge in [-0.1, -0.05) is 0 Å². The Labute approximate surface area is 102 Å². The second-order valence-corrected chi connectivity index (χ2v) is 4.55. The average molecular weight is 255 g/mol. The standard InChI is InChI=1S/C12H11F2NO3/c1-11(6-12(11,13)14)10(18)15-8-4-2-7(3-5-8)9(16)17/h2-5H,6H2,1H3,(H,15,18)(H,16,17). The van der Waals surface area contributed by atoms with E-state index in [1.807, 2.05) is 0 Å². The molecule has 2 rings (SSSR count). The van der Waals surface area contributed by atoms with Gasteiger partial charge in [-0.2, -0.15) is 0 Å². The summed E-state index contributed by atoms with van der Waals surface area (Å²) >= 11 is 0. The molecule has 1 fully saturated rings. The predicted octanol–water partition coefficient (Wildman–Crippen LogP) is 2.37. The molecule has 1 saturated carbocycles. The number of hydrogen-bond acceptors (Lipinski definition) is 2. The van der Waals surface area contributed by atoms with Crippen molar-refractivity contribution in [2.45, 2.75) is 19.3 Å². The Morgan fingerprint density at radius 1 is 1.28 bits per heavy atom. The van der Waals surface area contributed by atoms with Gasteiger partial charge in [-0.05, 0) is 31.2 Å². The molecule has 0 heterocycles. The van der Waals surface area contributed by atoms with Crippen molar-refractivity contribution in [2.24, 2.45) is 5.41 Å². The summed E-state index contributed by atoms with van der Waals surface area (Å²) in [6, 6.07) is 5.33. The number of anilines is 1. The molecule has 18 heavy (non-hydrogen) atoms. The van der Waals surface area contributed by atoms with Crippen LogP contribution < -0.4 is 5.32 Å². The summed E-state index contributed by atoms with van der Waals surface area (Å²) in [5, 5.41) is 11.0. The Kier molecular flexibility index (Phi) is 2.61. The van der Waals surface area contributed by atoms with E-state index in [4.69, 9.17) is 5.11 Å². The zero-order valence-electron chi connectivity index (χ0n) is 9.54. The summed E-state index contributed by atoms with van der Waals surface area (Å²) in [5.74, 6) is -4.80. The molecule has 1 aromatic rings. The summed E-state index contributed by atoms with van der Waals surface area (Å²) in [7, 11) is 0. The third kappa shape index (κ3) is 1.94. The first kappa shape index (κ1) is 12.5. The Morgan fingerprint density at radius 3 is 2.17 bits per heavy atom. The van der Waals surface area contributed by atoms with Gasteiger partial charge in [0.25, 0.3) is 5.92 Å². The van der Waals surface area contributed by atoms with Gasteiger partial charge in [0, 0.05) is 12.1 Å². The minimum absolute atomic E-state index is 0.0657. The van der Waals surface area contributed by atoms with Gasteiger partial charge in [0.1, 0.15) is 5.41 Å². The van der Waals surface area contributed by atoms with E-state index in [0.717, 1.165) is 0 Å². The van der Waals surface area contributed by atoms with Crippen LogP contribution in [0, 0.1) is 5.41 Å². The molecule has 6 heteroatoms. The van der Waals surface area contributed by atoms with Crippen molar-refractivity contribution in [1.29, 1.82) is 0 Å². The molecule has 1 unspecified atom stereocenters. The maximum absolute atomic E-state index is 13.0. The van der Waals surface area contributed by atoms with Crippen molar-refractivity contribution in [1.82, 2.24) is 0 Å². The lowest BCUT2D eigenvalue weighted by Crippen LogP contribution is -2.26. The molecule has 1 aromatic carbocycles. The van der Waals surface area contributed by atoms with Gasteiger partial charge in [0.05, 0.1) is 5.56 Å². The van der Waals surface area contributed by atoms with Gasteiger partial charge in [0.2, 0.25) is 5.91 Å². The molecule has 2 N–H and O–H groups in total. The minimum atomic E-state index is -2.96. The van der Waals surface area contributed by atoms with E-state index in [9.17, 15) is 18.4 Å². The molecular weight excluding hydrogens is 244 g/mol. The number of carboxylic acid groups (broad SMARTS) is 1. The number of carbonyl (C=O) groups excluding carboxylic acids is 1. The van der Waals surface area contributed by atoms with Gasteiger partial charge >= 0.3 is 5.97 Å². The van der Waals surface area contributed by atoms with Crippen LogP contribution in [-0.4, -0.2) is 22.9 Å². The summed E-state index contributed by atoms with van der Waals surface area (Å²) in [6.45, 7) is 1.20. The van der Waals surface area contributed by atoms with Crippen molar-refractivity contribution in [3.05, 3.63) is 29.8 Å². The largest absolute Gasteiger partial charge is 0.478 e. The number of alkyl halides is 2. The number of carboxylic acids is 1. The molecule has 0 radical (unpaired) electrons. The molecule has 1 atom stereocenters. The van der Waals surface area contributed by atoms with Crippen LogP contribution >= 0.6 is 0 Å². The number of aromatic carboxylic acids is 1. The van der Waals surface area contributed by atoms with Gasteiger partial charge in [-0.25, -0.2) is 13.6 Å². The van der Waals surface area contributed by atoms with Gasteiger partial charge in [-0.3, -0.25) is 4.79 Å². The van der Waals surface area contributed by atoms with Crippen LogP contribution in [0.5, 0.6) is 0 Å². The highest BCUT2D eigenvalue weighted by atomic mass is 19.3. The summed E-state index contributed by atoms with van der Waals surface area (Å²) in [5.41, 5.74) is -1.29. The van der Waals surface area contributed by atoms with E-state index in [1.54, 1.807) is 0 Å². The number of hydrogen-bond donors (Lipinski definition) is 2. The molecule has 96 valence electrons. The fourth-order valence-corrected chi connectivity index (χ4v) is 1.61. The number of nitrogens with one attached hydrogen (secondary N) is 1. The van der Waals surface area contributed by atoms with E-state index in [0.29, 0.717) is 5.69 Å². The fourth-order valence-electron chi connectivity index (χ4n) is 1.61. The number of carbonyl (C=O) groups is 2. The van der Waals surface area contributed by atoms with E-state index in [-0.39, 0.29) is 5.56 Å². The van der Waals surface area contributed by atoms with Crippen molar-refractivity contribution in [3.8, 4) is 0 Å². The number of benzene rings is 1. The highest BCUT2D eigenvalue weighted by Crippen LogP contribution is 2.60. The average Bonchev–Trinajstić information content (AvgIpc) is 2.80. The molecule has 0 spiro atoms. The molecule has 0 aliphatic heterocycles. The third-order valence-electron chi connectivity index (χ3n) is 3.15. The van der Waals surface area contributed by atoms with Crippen LogP contribution in [0.15, 0.2) is 24.3 Å². The van der Waals surface area contributed by atoms with Gasteiger partial charge in [-0.15, -0.1) is 0 Å². The second-order valence-electron chi connectivity index (χ2n) is 4.55. The maximum Gasteiger partial charge on any atom is 0.335 e. The lowest BCUT2D eigenvalue weighted by Gasteiger charge is -2.11. The van der Waals surface area contributed by atoms with E-state index >= 15 is 0 Å². The molecule has 1 aliphatic rings. The van der Waals surface area contributed by atoms with E-state index < -0.39 is 29.6 Å². The Bertz CT molecular complexity index is 513. The van der Waals surface area contributed by atoms with Crippen LogP contribution in [0.3, 0.4) is 0 Å². The normalized spacial score (nSPS) is 24.4. The zero-order valence-corrected chi connectivity index (χ0v) is 9.54. The zero-order chi connectivity index (χ0) is 13.6. The second kappa shape index (κ2) is 3.76. The Hall–Kier alpha value is -1.98. The number of halogens is 2. The molecule has 4 nitrogen and oxygen atoms in total. The highest BCUT2D eigenvalue weighted by Gasteiger charge is 2.72. The highest BCUT2D eigenvalue weighted by molar-refractivity contribution is 5.98. The Balaban J connectivity index is 2.07. The number of amides is 1. The first-order valence-corrected chi connectivity index (χ1v) is 5.29. The van der Waals surface area contributed by atoms with Crippen molar-refractivity contribution in [3.63, 3.8) is 0 Å². The first-order chi connectivity index (χ1) is 8.26. The van der Waals surface area contributed by atoms with Crippen LogP contribution in [-0.2, 0) is 4.79 Å². The molecular formula is C12H11F2NO3. The van der Waals surface area contributed by atoms with Crippen LogP contribution in [0.4, 0.5) is 14.5 Å². The minimum Gasteiger partial charge on any atom is -0.478 e. The van der Waals surface area contributed by atoms with Crippen molar-refractivity contribution >= 4 is 17.6 Å². The maximum atomic E-state index is 13.0. The topological polar surface area (TPSA) is 66.4 Å². The monoisotopic (exact) mass is 255 g/mol. The molecule has 1 amide bonds. The molecule has 0 aromatic heterocycles. The summed E-state index contributed by atoms with van der Waals surface area (Å²) < 4.78 is 25.9. The predicted molar refractivity (Wildman–Crippen MR) is 59.7 cm³/mol. The molecule has 1 aliphatic carbocycles. The number of rotatable bonds is 3. The van der Waals surface area contributed by atoms with Gasteiger partial charge in [0.15, 0.2) is 0 Å². The van der Waals surface area contributed by atoms with Crippen LogP contribution in [0.1, 0.15) is 23.7 Å². The first-order valence-electron chi connectivity index (χ1n) is 5.29. The van der Waals surface area contributed by atoms with Gasteiger partial charge < -0.3 is 10.4 Å². The van der Waals surface area contributed by atoms with E-state index in [2.05, 4.69) is 5.32 Å². The molecule has 0 saturated heterocycles. The van der Waals surface area contributed by atoms with Crippen LogP contribution in [0.25, 0.3) is 0 Å². The summed E-state index contributed by atoms with van der Waals surface area (Å²) in [6.07, 6.45) is -0.459. The van der Waals surface area contributed by atoms with Crippen molar-refractivity contribution in [2.75, 3.05) is 5.32 Å². The van der Waals surface area contributed by atoms with Crippen LogP contribution in [0.2, 0.25) is 0 Å². The lowest BCUT2D eigenvalue weighted by atomic mass is 10.1. The molecule has 0 bridgehead atoms. The Morgan fingerprint density at radius 2 is 1.78 bits per heavy atom. The van der Waals surface area contributed by atoms with Crippen molar-refractivity contribution < 1.29 is 23.5 Å².